The molecule has 1 N–H and O–H groups in total. The first kappa shape index (κ1) is 22.8. The van der Waals surface area contributed by atoms with E-state index in [1.54, 1.807) is 19.1 Å². The van der Waals surface area contributed by atoms with E-state index in [2.05, 4.69) is 40.5 Å². The second kappa shape index (κ2) is 10.1. The fourth-order valence-electron chi connectivity index (χ4n) is 4.91. The van der Waals surface area contributed by atoms with Crippen LogP contribution >= 0.6 is 11.6 Å². The van der Waals surface area contributed by atoms with Crippen LogP contribution in [0.5, 0.6) is 0 Å². The number of nitrogens with one attached hydrogen (secondary N) is 1. The maximum absolute atomic E-state index is 13.0. The number of nitrogens with zero attached hydrogens (tertiary/aromatic N) is 2. The first-order valence-corrected chi connectivity index (χ1v) is 11.9. The molecule has 2 aliphatic rings. The molecule has 170 valence electrons. The summed E-state index contributed by atoms with van der Waals surface area (Å²) in [6.45, 7) is 7.29. The highest BCUT2D eigenvalue weighted by atomic mass is 35.5. The molecule has 2 aromatic rings. The number of carbonyl (C=O) groups excluding carboxylic acids is 2. The van der Waals surface area contributed by atoms with Gasteiger partial charge in [0, 0.05) is 29.7 Å². The van der Waals surface area contributed by atoms with E-state index >= 15 is 0 Å². The number of piperidine rings is 1. The third-order valence-electron chi connectivity index (χ3n) is 6.94. The van der Waals surface area contributed by atoms with Crippen molar-refractivity contribution >= 4 is 23.4 Å². The van der Waals surface area contributed by atoms with Crippen molar-refractivity contribution in [2.24, 2.45) is 0 Å². The van der Waals surface area contributed by atoms with E-state index < -0.39 is 6.04 Å². The minimum Gasteiger partial charge on any atom is -0.341 e. The van der Waals surface area contributed by atoms with Gasteiger partial charge in [0.15, 0.2) is 0 Å². The third kappa shape index (κ3) is 5.16. The van der Waals surface area contributed by atoms with Crippen LogP contribution in [-0.2, 0) is 4.79 Å². The van der Waals surface area contributed by atoms with Crippen LogP contribution in [0.3, 0.4) is 0 Å². The Hall–Kier alpha value is -2.37. The lowest BCUT2D eigenvalue weighted by molar-refractivity contribution is -0.132. The lowest BCUT2D eigenvalue weighted by Gasteiger charge is -2.36. The van der Waals surface area contributed by atoms with Gasteiger partial charge in [0.05, 0.1) is 0 Å². The maximum atomic E-state index is 13.0. The molecule has 0 bridgehead atoms. The molecule has 32 heavy (non-hydrogen) atoms. The highest BCUT2D eigenvalue weighted by molar-refractivity contribution is 6.31. The van der Waals surface area contributed by atoms with Gasteiger partial charge in [-0.3, -0.25) is 14.5 Å². The van der Waals surface area contributed by atoms with Crippen molar-refractivity contribution in [2.75, 3.05) is 26.2 Å². The lowest BCUT2D eigenvalue weighted by Crippen LogP contribution is -2.48. The zero-order chi connectivity index (χ0) is 22.7. The summed E-state index contributed by atoms with van der Waals surface area (Å²) in [4.78, 5) is 30.0. The number of hydrogen-bond donors (Lipinski definition) is 1. The van der Waals surface area contributed by atoms with Crippen molar-refractivity contribution in [1.82, 2.24) is 15.1 Å². The van der Waals surface area contributed by atoms with E-state index in [-0.39, 0.29) is 11.8 Å². The van der Waals surface area contributed by atoms with E-state index in [0.717, 1.165) is 38.2 Å². The predicted molar refractivity (Wildman–Crippen MR) is 128 cm³/mol. The fraction of sp³-hybridized carbons (Fsp3) is 0.462. The van der Waals surface area contributed by atoms with Crippen LogP contribution < -0.4 is 5.32 Å². The summed E-state index contributed by atoms with van der Waals surface area (Å²) >= 11 is 6.13. The molecular formula is C26H32ClN3O2. The van der Waals surface area contributed by atoms with Crippen molar-refractivity contribution in [1.29, 1.82) is 0 Å². The van der Waals surface area contributed by atoms with Crippen LogP contribution in [0.2, 0.25) is 5.02 Å². The minimum atomic E-state index is -0.565. The molecule has 2 amide bonds. The molecular weight excluding hydrogens is 422 g/mol. The van der Waals surface area contributed by atoms with Crippen molar-refractivity contribution in [3.05, 3.63) is 70.2 Å². The summed E-state index contributed by atoms with van der Waals surface area (Å²) < 4.78 is 0. The Balaban J connectivity index is 1.27. The number of carbonyl (C=O) groups is 2. The predicted octanol–water partition coefficient (Wildman–Crippen LogP) is 4.25. The molecule has 2 atom stereocenters. The zero-order valence-corrected chi connectivity index (χ0v) is 19.6. The second-order valence-electron chi connectivity index (χ2n) is 9.11. The molecule has 0 aromatic heterocycles. The fourth-order valence-corrected chi connectivity index (χ4v) is 5.09. The van der Waals surface area contributed by atoms with Crippen LogP contribution in [0.1, 0.15) is 53.6 Å². The molecule has 0 spiro atoms. The first-order valence-electron chi connectivity index (χ1n) is 11.6. The van der Waals surface area contributed by atoms with Crippen LogP contribution in [0.15, 0.2) is 48.5 Å². The molecule has 2 saturated heterocycles. The molecule has 0 radical (unpaired) electrons. The molecule has 6 heteroatoms. The highest BCUT2D eigenvalue weighted by Gasteiger charge is 2.34. The average Bonchev–Trinajstić information content (AvgIpc) is 3.31. The Kier molecular flexibility index (Phi) is 7.17. The van der Waals surface area contributed by atoms with Gasteiger partial charge in [-0.05, 0) is 75.4 Å². The number of aryl methyl sites for hydroxylation is 1. The minimum absolute atomic E-state index is 0.0155. The smallest absolute Gasteiger partial charge is 0.251 e. The van der Waals surface area contributed by atoms with E-state index in [1.165, 1.54) is 18.4 Å². The molecule has 2 unspecified atom stereocenters. The van der Waals surface area contributed by atoms with Crippen LogP contribution in [0, 0.1) is 6.92 Å². The number of rotatable bonds is 5. The topological polar surface area (TPSA) is 52.7 Å². The van der Waals surface area contributed by atoms with Gasteiger partial charge >= 0.3 is 0 Å². The van der Waals surface area contributed by atoms with E-state index in [4.69, 9.17) is 11.6 Å². The van der Waals surface area contributed by atoms with Gasteiger partial charge in [0.2, 0.25) is 5.91 Å². The molecule has 4 rings (SSSR count). The van der Waals surface area contributed by atoms with Gasteiger partial charge in [0.1, 0.15) is 6.04 Å². The summed E-state index contributed by atoms with van der Waals surface area (Å²) in [5.41, 5.74) is 2.83. The summed E-state index contributed by atoms with van der Waals surface area (Å²) in [6, 6.07) is 15.8. The highest BCUT2D eigenvalue weighted by Crippen LogP contribution is 2.30. The Bertz CT molecular complexity index is 957. The first-order chi connectivity index (χ1) is 15.4. The van der Waals surface area contributed by atoms with Gasteiger partial charge < -0.3 is 10.2 Å². The molecule has 2 aliphatic heterocycles. The monoisotopic (exact) mass is 453 g/mol. The summed E-state index contributed by atoms with van der Waals surface area (Å²) in [5, 5.41) is 3.39. The van der Waals surface area contributed by atoms with Crippen LogP contribution in [-0.4, -0.2) is 59.9 Å². The largest absolute Gasteiger partial charge is 0.341 e. The lowest BCUT2D eigenvalue weighted by atomic mass is 9.89. The van der Waals surface area contributed by atoms with Gasteiger partial charge in [-0.25, -0.2) is 0 Å². The van der Waals surface area contributed by atoms with Crippen molar-refractivity contribution in [3.8, 4) is 0 Å². The SMILES string of the molecule is Cc1ccc(C(=O)NC(C)C(=O)N2CCC(N3CCC(c4ccccc4)CC3)C2)cc1Cl. The summed E-state index contributed by atoms with van der Waals surface area (Å²) in [6.07, 6.45) is 3.33. The maximum Gasteiger partial charge on any atom is 0.251 e. The number of likely N-dealkylation sites (tertiary alicyclic amines) is 2. The number of hydrogen-bond acceptors (Lipinski definition) is 3. The average molecular weight is 454 g/mol. The Morgan fingerprint density at radius 3 is 2.44 bits per heavy atom. The third-order valence-corrected chi connectivity index (χ3v) is 7.35. The number of amides is 2. The molecule has 5 nitrogen and oxygen atoms in total. The van der Waals surface area contributed by atoms with Gasteiger partial charge in [-0.15, -0.1) is 0 Å². The number of halogens is 1. The van der Waals surface area contributed by atoms with Gasteiger partial charge in [0.25, 0.3) is 5.91 Å². The molecule has 2 fully saturated rings. The van der Waals surface area contributed by atoms with E-state index in [0.29, 0.717) is 22.5 Å². The van der Waals surface area contributed by atoms with Crippen molar-refractivity contribution in [3.63, 3.8) is 0 Å². The van der Waals surface area contributed by atoms with E-state index in [1.807, 2.05) is 17.9 Å². The Labute approximate surface area is 195 Å². The van der Waals surface area contributed by atoms with E-state index in [9.17, 15) is 9.59 Å². The quantitative estimate of drug-likeness (QED) is 0.736. The van der Waals surface area contributed by atoms with Gasteiger partial charge in [-0.2, -0.15) is 0 Å². The van der Waals surface area contributed by atoms with Crippen molar-refractivity contribution in [2.45, 2.75) is 51.1 Å². The Morgan fingerprint density at radius 2 is 1.75 bits per heavy atom. The second-order valence-corrected chi connectivity index (χ2v) is 9.51. The molecule has 0 saturated carbocycles. The Morgan fingerprint density at radius 1 is 1.03 bits per heavy atom. The number of benzene rings is 2. The standard InChI is InChI=1S/C26H32ClN3O2/c1-18-8-9-22(16-24(18)27)25(31)28-19(2)26(32)30-15-12-23(17-30)29-13-10-21(11-14-29)20-6-4-3-5-7-20/h3-9,16,19,21,23H,10-15,17H2,1-2H3,(H,28,31). The normalized spacial score (nSPS) is 20.8. The van der Waals surface area contributed by atoms with Crippen molar-refractivity contribution < 1.29 is 9.59 Å². The van der Waals surface area contributed by atoms with Crippen LogP contribution in [0.4, 0.5) is 0 Å². The van der Waals surface area contributed by atoms with Gasteiger partial charge in [-0.1, -0.05) is 48.0 Å². The molecule has 0 aliphatic carbocycles. The molecule has 2 aromatic carbocycles. The molecule has 2 heterocycles. The summed E-state index contributed by atoms with van der Waals surface area (Å²) in [7, 11) is 0. The van der Waals surface area contributed by atoms with Crippen LogP contribution in [0.25, 0.3) is 0 Å². The zero-order valence-electron chi connectivity index (χ0n) is 18.9. The summed E-state index contributed by atoms with van der Waals surface area (Å²) in [5.74, 6) is 0.349.